The Hall–Kier alpha value is -1.89. The van der Waals surface area contributed by atoms with Crippen molar-refractivity contribution in [3.05, 3.63) is 46.6 Å². The van der Waals surface area contributed by atoms with Crippen LogP contribution in [-0.2, 0) is 0 Å². The van der Waals surface area contributed by atoms with Gasteiger partial charge in [-0.3, -0.25) is 9.20 Å². The minimum absolute atomic E-state index is 0.0889. The van der Waals surface area contributed by atoms with E-state index >= 15 is 0 Å². The van der Waals surface area contributed by atoms with E-state index in [0.29, 0.717) is 10.7 Å². The van der Waals surface area contributed by atoms with Gasteiger partial charge in [-0.2, -0.15) is 0 Å². The summed E-state index contributed by atoms with van der Waals surface area (Å²) in [5.41, 5.74) is 2.18. The van der Waals surface area contributed by atoms with Crippen LogP contribution in [0.4, 0.5) is 0 Å². The number of benzene rings is 1. The molecule has 3 rings (SSSR count). The highest BCUT2D eigenvalue weighted by atomic mass is 35.5. The van der Waals surface area contributed by atoms with Crippen LogP contribution in [0, 0.1) is 5.92 Å². The van der Waals surface area contributed by atoms with Crippen molar-refractivity contribution < 1.29 is 9.90 Å². The molecule has 24 heavy (non-hydrogen) atoms. The number of hydrogen-bond donors (Lipinski definition) is 2. The Morgan fingerprint density at radius 1 is 1.46 bits per heavy atom. The largest absolute Gasteiger partial charge is 0.394 e. The molecule has 0 aliphatic heterocycles. The van der Waals surface area contributed by atoms with Gasteiger partial charge in [0.15, 0.2) is 4.96 Å². The van der Waals surface area contributed by atoms with Gasteiger partial charge in [-0.05, 0) is 18.1 Å². The summed E-state index contributed by atoms with van der Waals surface area (Å²) in [7, 11) is 0. The second-order valence-electron chi connectivity index (χ2n) is 5.92. The first kappa shape index (κ1) is 17.0. The summed E-state index contributed by atoms with van der Waals surface area (Å²) in [6.07, 6.45) is 1.83. The summed E-state index contributed by atoms with van der Waals surface area (Å²) in [5.74, 6) is -0.0677. The smallest absolute Gasteiger partial charge is 0.269 e. The maximum Gasteiger partial charge on any atom is 0.269 e. The van der Waals surface area contributed by atoms with Crippen molar-refractivity contribution in [1.82, 2.24) is 14.7 Å². The SMILES string of the molecule is CC(C)C(CO)NC(=O)c1csc2nc(-c3cccc(Cl)c3)cn12. The molecule has 0 bridgehead atoms. The molecule has 0 spiro atoms. The molecule has 2 aromatic heterocycles. The van der Waals surface area contributed by atoms with Gasteiger partial charge in [0, 0.05) is 22.2 Å². The van der Waals surface area contributed by atoms with Crippen molar-refractivity contribution in [2.45, 2.75) is 19.9 Å². The number of aromatic nitrogens is 2. The maximum absolute atomic E-state index is 12.5. The Morgan fingerprint density at radius 2 is 2.25 bits per heavy atom. The molecule has 0 aliphatic rings. The van der Waals surface area contributed by atoms with Gasteiger partial charge in [-0.25, -0.2) is 4.98 Å². The van der Waals surface area contributed by atoms with Crippen LogP contribution in [0.2, 0.25) is 5.02 Å². The first-order chi connectivity index (χ1) is 11.5. The molecule has 126 valence electrons. The van der Waals surface area contributed by atoms with E-state index in [9.17, 15) is 9.90 Å². The standard InChI is InChI=1S/C17H18ClN3O2S/c1-10(2)14(8-22)19-16(23)15-9-24-17-20-13(7-21(15)17)11-4-3-5-12(18)6-11/h3-7,9-10,14,22H,8H2,1-2H3,(H,19,23). The number of carbonyl (C=O) groups excluding carboxylic acids is 1. The molecule has 1 amide bonds. The number of halogens is 1. The van der Waals surface area contributed by atoms with Gasteiger partial charge in [-0.15, -0.1) is 11.3 Å². The second-order valence-corrected chi connectivity index (χ2v) is 7.19. The third-order valence-electron chi connectivity index (χ3n) is 3.88. The highest BCUT2D eigenvalue weighted by molar-refractivity contribution is 7.15. The molecule has 5 nitrogen and oxygen atoms in total. The number of nitrogens with one attached hydrogen (secondary N) is 1. The summed E-state index contributed by atoms with van der Waals surface area (Å²) in [6.45, 7) is 3.83. The monoisotopic (exact) mass is 363 g/mol. The Bertz CT molecular complexity index is 872. The molecule has 0 saturated carbocycles. The van der Waals surface area contributed by atoms with Crippen molar-refractivity contribution in [1.29, 1.82) is 0 Å². The predicted molar refractivity (Wildman–Crippen MR) is 96.7 cm³/mol. The zero-order chi connectivity index (χ0) is 17.3. The van der Waals surface area contributed by atoms with E-state index in [1.165, 1.54) is 11.3 Å². The van der Waals surface area contributed by atoms with Gasteiger partial charge < -0.3 is 10.4 Å². The van der Waals surface area contributed by atoms with Gasteiger partial charge in [0.2, 0.25) is 0 Å². The number of nitrogens with zero attached hydrogens (tertiary/aromatic N) is 2. The zero-order valence-corrected chi connectivity index (χ0v) is 14.9. The van der Waals surface area contributed by atoms with Crippen LogP contribution >= 0.6 is 22.9 Å². The molecule has 1 unspecified atom stereocenters. The normalized spacial score (nSPS) is 12.7. The van der Waals surface area contributed by atoms with Crippen LogP contribution < -0.4 is 5.32 Å². The number of thiazole rings is 1. The van der Waals surface area contributed by atoms with Crippen LogP contribution in [0.3, 0.4) is 0 Å². The zero-order valence-electron chi connectivity index (χ0n) is 13.4. The lowest BCUT2D eigenvalue weighted by Crippen LogP contribution is -2.41. The molecule has 1 atom stereocenters. The van der Waals surface area contributed by atoms with E-state index in [4.69, 9.17) is 11.6 Å². The van der Waals surface area contributed by atoms with Crippen LogP contribution in [0.1, 0.15) is 24.3 Å². The molecule has 0 aliphatic carbocycles. The fraction of sp³-hybridized carbons (Fsp3) is 0.294. The number of rotatable bonds is 5. The Morgan fingerprint density at radius 3 is 2.92 bits per heavy atom. The van der Waals surface area contributed by atoms with E-state index < -0.39 is 0 Å². The Labute approximate surface area is 148 Å². The highest BCUT2D eigenvalue weighted by Gasteiger charge is 2.20. The van der Waals surface area contributed by atoms with Gasteiger partial charge in [0.25, 0.3) is 5.91 Å². The van der Waals surface area contributed by atoms with Crippen LogP contribution in [-0.4, -0.2) is 33.0 Å². The average molecular weight is 364 g/mol. The van der Waals surface area contributed by atoms with Crippen LogP contribution in [0.15, 0.2) is 35.8 Å². The molecule has 0 saturated heterocycles. The molecule has 2 N–H and O–H groups in total. The lowest BCUT2D eigenvalue weighted by atomic mass is 10.1. The third-order valence-corrected chi connectivity index (χ3v) is 4.96. The van der Waals surface area contributed by atoms with E-state index in [2.05, 4.69) is 10.3 Å². The van der Waals surface area contributed by atoms with Crippen molar-refractivity contribution in [3.63, 3.8) is 0 Å². The van der Waals surface area contributed by atoms with Crippen LogP contribution in [0.5, 0.6) is 0 Å². The van der Waals surface area contributed by atoms with Crippen molar-refractivity contribution >= 4 is 33.8 Å². The number of hydrogen-bond acceptors (Lipinski definition) is 4. The number of imidazole rings is 1. The van der Waals surface area contributed by atoms with Crippen molar-refractivity contribution in [2.24, 2.45) is 5.92 Å². The van der Waals surface area contributed by atoms with Gasteiger partial charge in [-0.1, -0.05) is 37.6 Å². The molecule has 3 aromatic rings. The molecular formula is C17H18ClN3O2S. The molecule has 1 aromatic carbocycles. The average Bonchev–Trinajstić information content (AvgIpc) is 3.12. The summed E-state index contributed by atoms with van der Waals surface area (Å²) in [5, 5.41) is 14.7. The van der Waals surface area contributed by atoms with Crippen molar-refractivity contribution in [3.8, 4) is 11.3 Å². The highest BCUT2D eigenvalue weighted by Crippen LogP contribution is 2.25. The first-order valence-corrected chi connectivity index (χ1v) is 8.89. The molecule has 7 heteroatoms. The summed E-state index contributed by atoms with van der Waals surface area (Å²) >= 11 is 7.43. The fourth-order valence-corrected chi connectivity index (χ4v) is 3.44. The molecule has 0 radical (unpaired) electrons. The summed E-state index contributed by atoms with van der Waals surface area (Å²) < 4.78 is 1.77. The second kappa shape index (κ2) is 6.93. The molecule has 0 fully saturated rings. The predicted octanol–water partition coefficient (Wildman–Crippen LogP) is 3.46. The number of aliphatic hydroxyl groups is 1. The lowest BCUT2D eigenvalue weighted by Gasteiger charge is -2.19. The van der Waals surface area contributed by atoms with Crippen molar-refractivity contribution in [2.75, 3.05) is 6.61 Å². The first-order valence-electron chi connectivity index (χ1n) is 7.64. The third kappa shape index (κ3) is 3.31. The van der Waals surface area contributed by atoms with E-state index in [1.807, 2.05) is 44.3 Å². The molecule has 2 heterocycles. The Balaban J connectivity index is 1.92. The Kier molecular flexibility index (Phi) is 4.89. The van der Waals surface area contributed by atoms with Gasteiger partial charge in [0.05, 0.1) is 18.3 Å². The van der Waals surface area contributed by atoms with E-state index in [-0.39, 0.29) is 24.5 Å². The number of amides is 1. The quantitative estimate of drug-likeness (QED) is 0.729. The number of aliphatic hydroxyl groups excluding tert-OH is 1. The fourth-order valence-electron chi connectivity index (χ4n) is 2.40. The maximum atomic E-state index is 12.5. The summed E-state index contributed by atoms with van der Waals surface area (Å²) in [4.78, 5) is 17.8. The summed E-state index contributed by atoms with van der Waals surface area (Å²) in [6, 6.07) is 7.17. The molecular weight excluding hydrogens is 346 g/mol. The topological polar surface area (TPSA) is 66.6 Å². The number of carbonyl (C=O) groups is 1. The van der Waals surface area contributed by atoms with E-state index in [0.717, 1.165) is 16.2 Å². The lowest BCUT2D eigenvalue weighted by molar-refractivity contribution is 0.0891. The van der Waals surface area contributed by atoms with Gasteiger partial charge in [0.1, 0.15) is 5.69 Å². The van der Waals surface area contributed by atoms with E-state index in [1.54, 1.807) is 9.78 Å². The minimum atomic E-state index is -0.275. The van der Waals surface area contributed by atoms with Gasteiger partial charge >= 0.3 is 0 Å². The van der Waals surface area contributed by atoms with Crippen LogP contribution in [0.25, 0.3) is 16.2 Å². The number of fused-ring (bicyclic) bond motifs is 1. The minimum Gasteiger partial charge on any atom is -0.394 e.